The predicted molar refractivity (Wildman–Crippen MR) is 71.6 cm³/mol. The molecule has 0 fully saturated rings. The monoisotopic (exact) mass is 267 g/mol. The average Bonchev–Trinajstić information content (AvgIpc) is 2.39. The van der Waals surface area contributed by atoms with Crippen molar-refractivity contribution >= 4 is 17.4 Å². The van der Waals surface area contributed by atoms with Gasteiger partial charge in [-0.2, -0.15) is 0 Å². The quantitative estimate of drug-likeness (QED) is 0.338. The van der Waals surface area contributed by atoms with E-state index in [1.807, 2.05) is 0 Å². The number of carbonyl (C=O) groups excluding carboxylic acids is 1. The van der Waals surface area contributed by atoms with Crippen molar-refractivity contribution in [1.29, 1.82) is 0 Å². The second-order valence-corrected chi connectivity index (χ2v) is 4.58. The van der Waals surface area contributed by atoms with E-state index in [1.54, 1.807) is 20.8 Å². The lowest BCUT2D eigenvalue weighted by atomic mass is 9.85. The number of nitrogens with two attached hydrogens (primary N) is 1. The van der Waals surface area contributed by atoms with E-state index in [-0.39, 0.29) is 11.7 Å². The molecule has 0 saturated heterocycles. The summed E-state index contributed by atoms with van der Waals surface area (Å²) in [5.74, 6) is -0.933. The van der Waals surface area contributed by atoms with Crippen LogP contribution in [-0.4, -0.2) is 17.0 Å². The maximum absolute atomic E-state index is 13.0. The van der Waals surface area contributed by atoms with Crippen molar-refractivity contribution in [2.24, 2.45) is 16.3 Å². The Balaban J connectivity index is 3.01. The van der Waals surface area contributed by atoms with Crippen LogP contribution in [0.4, 0.5) is 10.1 Å². The number of hydrogen-bond acceptors (Lipinski definition) is 3. The van der Waals surface area contributed by atoms with Crippen LogP contribution in [-0.2, 0) is 4.79 Å². The van der Waals surface area contributed by atoms with Crippen LogP contribution in [0.2, 0.25) is 0 Å². The van der Waals surface area contributed by atoms with Gasteiger partial charge in [0.25, 0.3) is 0 Å². The number of carbonyl (C=O) groups is 1. The summed E-state index contributed by atoms with van der Waals surface area (Å²) < 4.78 is 13.0. The highest BCUT2D eigenvalue weighted by atomic mass is 19.1. The van der Waals surface area contributed by atoms with Crippen molar-refractivity contribution in [2.45, 2.75) is 27.2 Å². The minimum Gasteiger partial charge on any atom is -0.409 e. The predicted octanol–water partition coefficient (Wildman–Crippen LogP) is 2.24. The molecular formula is C13H18FN3O2. The third-order valence-corrected chi connectivity index (χ3v) is 3.32. The van der Waals surface area contributed by atoms with E-state index >= 15 is 0 Å². The number of benzene rings is 1. The zero-order valence-electron chi connectivity index (χ0n) is 11.2. The van der Waals surface area contributed by atoms with Gasteiger partial charge in [-0.15, -0.1) is 0 Å². The molecule has 0 radical (unpaired) electrons. The molecule has 1 unspecified atom stereocenters. The fraction of sp³-hybridized carbons (Fsp3) is 0.385. The van der Waals surface area contributed by atoms with Crippen LogP contribution in [0.1, 0.15) is 25.8 Å². The van der Waals surface area contributed by atoms with Gasteiger partial charge in [0.05, 0.1) is 0 Å². The van der Waals surface area contributed by atoms with Crippen molar-refractivity contribution in [3.63, 3.8) is 0 Å². The highest BCUT2D eigenvalue weighted by Crippen LogP contribution is 2.25. The van der Waals surface area contributed by atoms with Crippen LogP contribution in [0.15, 0.2) is 23.4 Å². The SMILES string of the molecule is CCC(C)(C(=O)Nc1ccc(F)cc1C)/C(N)=N/O. The van der Waals surface area contributed by atoms with Crippen LogP contribution < -0.4 is 11.1 Å². The van der Waals surface area contributed by atoms with Crippen LogP contribution in [0.3, 0.4) is 0 Å². The van der Waals surface area contributed by atoms with E-state index in [0.717, 1.165) is 0 Å². The van der Waals surface area contributed by atoms with Crippen LogP contribution >= 0.6 is 0 Å². The Hall–Kier alpha value is -2.11. The first-order chi connectivity index (χ1) is 8.85. The lowest BCUT2D eigenvalue weighted by Gasteiger charge is -2.25. The van der Waals surface area contributed by atoms with Crippen molar-refractivity contribution < 1.29 is 14.4 Å². The van der Waals surface area contributed by atoms with E-state index in [1.165, 1.54) is 18.2 Å². The molecule has 19 heavy (non-hydrogen) atoms. The molecule has 1 aromatic rings. The Morgan fingerprint density at radius 3 is 2.68 bits per heavy atom. The molecule has 0 aromatic heterocycles. The molecule has 0 spiro atoms. The van der Waals surface area contributed by atoms with Crippen molar-refractivity contribution in [3.8, 4) is 0 Å². The number of oxime groups is 1. The minimum atomic E-state index is -1.12. The summed E-state index contributed by atoms with van der Waals surface area (Å²) in [6.45, 7) is 5.02. The van der Waals surface area contributed by atoms with Gasteiger partial charge in [-0.1, -0.05) is 12.1 Å². The smallest absolute Gasteiger partial charge is 0.238 e. The summed E-state index contributed by atoms with van der Waals surface area (Å²) in [4.78, 5) is 12.2. The van der Waals surface area contributed by atoms with Gasteiger partial charge in [0, 0.05) is 5.69 Å². The number of halogens is 1. The molecule has 6 heteroatoms. The fourth-order valence-electron chi connectivity index (χ4n) is 1.60. The molecule has 1 amide bonds. The Bertz CT molecular complexity index is 517. The molecule has 1 rings (SSSR count). The van der Waals surface area contributed by atoms with Gasteiger partial charge in [-0.05, 0) is 44.0 Å². The molecule has 0 saturated carbocycles. The first kappa shape index (κ1) is 14.9. The highest BCUT2D eigenvalue weighted by Gasteiger charge is 2.36. The van der Waals surface area contributed by atoms with Crippen molar-refractivity contribution in [3.05, 3.63) is 29.6 Å². The summed E-state index contributed by atoms with van der Waals surface area (Å²) in [5, 5.41) is 14.3. The van der Waals surface area contributed by atoms with E-state index in [4.69, 9.17) is 10.9 Å². The number of rotatable bonds is 4. The van der Waals surface area contributed by atoms with Gasteiger partial charge in [-0.25, -0.2) is 4.39 Å². The van der Waals surface area contributed by atoms with Gasteiger partial charge < -0.3 is 16.3 Å². The Labute approximate surface area is 111 Å². The molecule has 0 aliphatic carbocycles. The first-order valence-corrected chi connectivity index (χ1v) is 5.90. The third-order valence-electron chi connectivity index (χ3n) is 3.32. The topological polar surface area (TPSA) is 87.7 Å². The highest BCUT2D eigenvalue weighted by molar-refractivity contribution is 6.11. The summed E-state index contributed by atoms with van der Waals surface area (Å²) in [5.41, 5.74) is 5.54. The number of anilines is 1. The molecular weight excluding hydrogens is 249 g/mol. The molecule has 1 atom stereocenters. The fourth-order valence-corrected chi connectivity index (χ4v) is 1.60. The van der Waals surface area contributed by atoms with Gasteiger partial charge in [0.1, 0.15) is 11.2 Å². The number of hydrogen-bond donors (Lipinski definition) is 3. The molecule has 1 aromatic carbocycles. The molecule has 104 valence electrons. The van der Waals surface area contributed by atoms with Crippen molar-refractivity contribution in [1.82, 2.24) is 0 Å². The number of nitrogens with one attached hydrogen (secondary N) is 1. The molecule has 0 heterocycles. The normalized spacial score (nSPS) is 14.8. The lowest BCUT2D eigenvalue weighted by Crippen LogP contribution is -2.44. The molecule has 4 N–H and O–H groups in total. The second kappa shape index (κ2) is 5.69. The Morgan fingerprint density at radius 1 is 1.58 bits per heavy atom. The average molecular weight is 267 g/mol. The number of amidine groups is 1. The summed E-state index contributed by atoms with van der Waals surface area (Å²) >= 11 is 0. The maximum atomic E-state index is 13.0. The first-order valence-electron chi connectivity index (χ1n) is 5.90. The van der Waals surface area contributed by atoms with Gasteiger partial charge in [0.15, 0.2) is 5.84 Å². The Morgan fingerprint density at radius 2 is 2.21 bits per heavy atom. The molecule has 0 bridgehead atoms. The lowest BCUT2D eigenvalue weighted by molar-refractivity contribution is -0.121. The number of amides is 1. The minimum absolute atomic E-state index is 0.160. The van der Waals surface area contributed by atoms with Crippen LogP contribution in [0.5, 0.6) is 0 Å². The largest absolute Gasteiger partial charge is 0.409 e. The Kier molecular flexibility index (Phi) is 4.47. The summed E-state index contributed by atoms with van der Waals surface area (Å²) in [6, 6.07) is 4.06. The number of nitrogens with zero attached hydrogens (tertiary/aromatic N) is 1. The van der Waals surface area contributed by atoms with E-state index in [9.17, 15) is 9.18 Å². The maximum Gasteiger partial charge on any atom is 0.238 e. The zero-order chi connectivity index (χ0) is 14.6. The molecule has 5 nitrogen and oxygen atoms in total. The second-order valence-electron chi connectivity index (χ2n) is 4.58. The summed E-state index contributed by atoms with van der Waals surface area (Å²) in [7, 11) is 0. The van der Waals surface area contributed by atoms with Crippen LogP contribution in [0.25, 0.3) is 0 Å². The van der Waals surface area contributed by atoms with Gasteiger partial charge >= 0.3 is 0 Å². The molecule has 0 aliphatic rings. The van der Waals surface area contributed by atoms with Gasteiger partial charge in [0.2, 0.25) is 5.91 Å². The number of aryl methyl sites for hydroxylation is 1. The summed E-state index contributed by atoms with van der Waals surface area (Å²) in [6.07, 6.45) is 0.370. The molecule has 0 aliphatic heterocycles. The van der Waals surface area contributed by atoms with E-state index in [0.29, 0.717) is 17.7 Å². The van der Waals surface area contributed by atoms with E-state index < -0.39 is 11.3 Å². The third kappa shape index (κ3) is 3.01. The van der Waals surface area contributed by atoms with E-state index in [2.05, 4.69) is 10.5 Å². The van der Waals surface area contributed by atoms with Gasteiger partial charge in [-0.3, -0.25) is 4.79 Å². The van der Waals surface area contributed by atoms with Crippen LogP contribution in [0, 0.1) is 18.2 Å². The zero-order valence-corrected chi connectivity index (χ0v) is 11.2. The van der Waals surface area contributed by atoms with Crippen molar-refractivity contribution in [2.75, 3.05) is 5.32 Å². The standard InChI is InChI=1S/C13H18FN3O2/c1-4-13(3,11(15)17-19)12(18)16-10-6-5-9(14)7-8(10)2/h5-7,19H,4H2,1-3H3,(H2,15,17)(H,16,18).